The molecule has 1 aromatic carbocycles. The van der Waals surface area contributed by atoms with Crippen molar-refractivity contribution in [3.8, 4) is 11.5 Å². The summed E-state index contributed by atoms with van der Waals surface area (Å²) in [5, 5.41) is 11.5. The normalized spacial score (nSPS) is 15.3. The fourth-order valence-electron chi connectivity index (χ4n) is 2.84. The minimum atomic E-state index is -0.237. The number of ether oxygens (including phenoxy) is 2. The average Bonchev–Trinajstić information content (AvgIpc) is 3.16. The predicted molar refractivity (Wildman–Crippen MR) is 82.0 cm³/mol. The van der Waals surface area contributed by atoms with E-state index in [-0.39, 0.29) is 5.91 Å². The Hall–Kier alpha value is -2.28. The van der Waals surface area contributed by atoms with Crippen LogP contribution in [0.4, 0.5) is 0 Å². The van der Waals surface area contributed by atoms with Crippen molar-refractivity contribution in [1.82, 2.24) is 20.1 Å². The lowest BCUT2D eigenvalue weighted by molar-refractivity contribution is 0.0948. The third-order valence-corrected chi connectivity index (χ3v) is 4.23. The van der Waals surface area contributed by atoms with Gasteiger partial charge in [0, 0.05) is 18.5 Å². The number of amides is 1. The zero-order valence-electron chi connectivity index (χ0n) is 12.3. The summed E-state index contributed by atoms with van der Waals surface area (Å²) in [5.41, 5.74) is 0.431. The Morgan fingerprint density at radius 1 is 1.30 bits per heavy atom. The molecular formula is C15H15ClN4O3. The minimum absolute atomic E-state index is 0.237. The van der Waals surface area contributed by atoms with Gasteiger partial charge >= 0.3 is 0 Å². The van der Waals surface area contributed by atoms with Crippen molar-refractivity contribution in [1.29, 1.82) is 0 Å². The number of aryl methyl sites for hydroxylation is 1. The highest BCUT2D eigenvalue weighted by Crippen LogP contribution is 2.38. The summed E-state index contributed by atoms with van der Waals surface area (Å²) in [5.74, 6) is 2.51. The van der Waals surface area contributed by atoms with Crippen molar-refractivity contribution in [2.24, 2.45) is 0 Å². The molecular weight excluding hydrogens is 320 g/mol. The lowest BCUT2D eigenvalue weighted by atomic mass is 10.1. The third kappa shape index (κ3) is 2.61. The van der Waals surface area contributed by atoms with E-state index in [9.17, 15) is 4.79 Å². The lowest BCUT2D eigenvalue weighted by Crippen LogP contribution is -2.25. The molecule has 0 atom stereocenters. The van der Waals surface area contributed by atoms with Crippen LogP contribution >= 0.6 is 11.6 Å². The molecule has 2 aliphatic heterocycles. The van der Waals surface area contributed by atoms with Crippen LogP contribution in [-0.2, 0) is 19.5 Å². The highest BCUT2D eigenvalue weighted by molar-refractivity contribution is 6.32. The quantitative estimate of drug-likeness (QED) is 0.922. The van der Waals surface area contributed by atoms with E-state index in [1.54, 1.807) is 12.1 Å². The number of nitrogens with zero attached hydrogens (tertiary/aromatic N) is 3. The summed E-state index contributed by atoms with van der Waals surface area (Å²) >= 11 is 6.16. The molecule has 0 spiro atoms. The van der Waals surface area contributed by atoms with Crippen LogP contribution in [-0.4, -0.2) is 33.9 Å². The van der Waals surface area contributed by atoms with Gasteiger partial charge in [0.05, 0.1) is 11.6 Å². The molecule has 0 aliphatic carbocycles. The fourth-order valence-corrected chi connectivity index (χ4v) is 3.11. The molecule has 2 aliphatic rings. The van der Waals surface area contributed by atoms with Gasteiger partial charge in [0.1, 0.15) is 19.0 Å². The Kier molecular flexibility index (Phi) is 3.57. The first-order chi connectivity index (χ1) is 11.2. The molecule has 0 bridgehead atoms. The molecule has 8 heteroatoms. The molecule has 120 valence electrons. The number of carbonyl (C=O) groups is 1. The van der Waals surface area contributed by atoms with Crippen molar-refractivity contribution in [2.75, 3.05) is 13.2 Å². The number of carbonyl (C=O) groups excluding carboxylic acids is 1. The summed E-state index contributed by atoms with van der Waals surface area (Å²) in [6.45, 7) is 2.14. The van der Waals surface area contributed by atoms with Crippen LogP contribution in [0.1, 0.15) is 28.4 Å². The average molecular weight is 335 g/mol. The second-order valence-corrected chi connectivity index (χ2v) is 5.86. The van der Waals surface area contributed by atoms with Gasteiger partial charge < -0.3 is 19.4 Å². The predicted octanol–water partition coefficient (Wildman–Crippen LogP) is 1.58. The van der Waals surface area contributed by atoms with E-state index in [0.29, 0.717) is 41.8 Å². The summed E-state index contributed by atoms with van der Waals surface area (Å²) in [6.07, 6.45) is 2.02. The number of nitrogens with one attached hydrogen (secondary N) is 1. The van der Waals surface area contributed by atoms with Gasteiger partial charge in [0.15, 0.2) is 17.3 Å². The molecule has 0 unspecified atom stereocenters. The summed E-state index contributed by atoms with van der Waals surface area (Å²) in [4.78, 5) is 12.4. The third-order valence-electron chi connectivity index (χ3n) is 3.95. The van der Waals surface area contributed by atoms with Crippen LogP contribution in [0.15, 0.2) is 12.1 Å². The molecule has 1 amide bonds. The van der Waals surface area contributed by atoms with Crippen LogP contribution in [0.3, 0.4) is 0 Å². The molecule has 23 heavy (non-hydrogen) atoms. The number of rotatable bonds is 3. The maximum atomic E-state index is 12.4. The minimum Gasteiger partial charge on any atom is -0.486 e. The van der Waals surface area contributed by atoms with Crippen molar-refractivity contribution < 1.29 is 14.3 Å². The van der Waals surface area contributed by atoms with Gasteiger partial charge in [-0.05, 0) is 18.6 Å². The molecule has 1 N–H and O–H groups in total. The second-order valence-electron chi connectivity index (χ2n) is 5.45. The van der Waals surface area contributed by atoms with Gasteiger partial charge in [0.2, 0.25) is 0 Å². The number of hydrogen-bond acceptors (Lipinski definition) is 5. The zero-order chi connectivity index (χ0) is 15.8. The second kappa shape index (κ2) is 5.73. The zero-order valence-corrected chi connectivity index (χ0v) is 13.1. The van der Waals surface area contributed by atoms with Crippen LogP contribution in [0.2, 0.25) is 5.02 Å². The van der Waals surface area contributed by atoms with E-state index in [1.165, 1.54) is 0 Å². The van der Waals surface area contributed by atoms with E-state index in [1.807, 2.05) is 0 Å². The van der Waals surface area contributed by atoms with E-state index < -0.39 is 0 Å². The lowest BCUT2D eigenvalue weighted by Gasteiger charge is -2.20. The molecule has 0 radical (unpaired) electrons. The van der Waals surface area contributed by atoms with Gasteiger partial charge in [-0.1, -0.05) is 11.6 Å². The largest absolute Gasteiger partial charge is 0.486 e. The Morgan fingerprint density at radius 2 is 2.17 bits per heavy atom. The number of hydrogen-bond donors (Lipinski definition) is 1. The van der Waals surface area contributed by atoms with E-state index in [0.717, 1.165) is 31.0 Å². The van der Waals surface area contributed by atoms with Crippen LogP contribution < -0.4 is 14.8 Å². The molecule has 3 heterocycles. The van der Waals surface area contributed by atoms with Gasteiger partial charge in [-0.3, -0.25) is 4.79 Å². The molecule has 4 rings (SSSR count). The molecule has 2 aromatic rings. The Morgan fingerprint density at radius 3 is 3.09 bits per heavy atom. The summed E-state index contributed by atoms with van der Waals surface area (Å²) < 4.78 is 13.0. The van der Waals surface area contributed by atoms with Crippen LogP contribution in [0.5, 0.6) is 11.5 Å². The van der Waals surface area contributed by atoms with Gasteiger partial charge in [-0.15, -0.1) is 10.2 Å². The smallest absolute Gasteiger partial charge is 0.251 e. The standard InChI is InChI=1S/C15H15ClN4O3/c16-10-6-9(7-11-14(10)23-5-4-22-11)15(21)17-8-13-19-18-12-2-1-3-20(12)13/h6-7H,1-5,8H2,(H,17,21). The van der Waals surface area contributed by atoms with Crippen LogP contribution in [0.25, 0.3) is 0 Å². The molecule has 0 fully saturated rings. The fraction of sp³-hybridized carbons (Fsp3) is 0.400. The topological polar surface area (TPSA) is 78.3 Å². The van der Waals surface area contributed by atoms with Crippen molar-refractivity contribution in [2.45, 2.75) is 25.9 Å². The number of fused-ring (bicyclic) bond motifs is 2. The van der Waals surface area contributed by atoms with Gasteiger partial charge in [-0.2, -0.15) is 0 Å². The molecule has 1 aromatic heterocycles. The first kappa shape index (κ1) is 14.3. The summed E-state index contributed by atoms with van der Waals surface area (Å²) in [6, 6.07) is 3.22. The highest BCUT2D eigenvalue weighted by atomic mass is 35.5. The van der Waals surface area contributed by atoms with E-state index in [4.69, 9.17) is 21.1 Å². The number of aromatic nitrogens is 3. The number of halogens is 1. The van der Waals surface area contributed by atoms with Gasteiger partial charge in [0.25, 0.3) is 5.91 Å². The van der Waals surface area contributed by atoms with Crippen molar-refractivity contribution >= 4 is 17.5 Å². The Labute approximate surface area is 137 Å². The Balaban J connectivity index is 1.50. The molecule has 7 nitrogen and oxygen atoms in total. The van der Waals surface area contributed by atoms with Crippen LogP contribution in [0, 0.1) is 0 Å². The van der Waals surface area contributed by atoms with Crippen molar-refractivity contribution in [3.63, 3.8) is 0 Å². The highest BCUT2D eigenvalue weighted by Gasteiger charge is 2.21. The first-order valence-corrected chi connectivity index (χ1v) is 7.88. The van der Waals surface area contributed by atoms with Crippen molar-refractivity contribution in [3.05, 3.63) is 34.4 Å². The van der Waals surface area contributed by atoms with E-state index in [2.05, 4.69) is 20.1 Å². The number of benzene rings is 1. The molecule has 0 saturated heterocycles. The molecule has 0 saturated carbocycles. The monoisotopic (exact) mass is 334 g/mol. The first-order valence-electron chi connectivity index (χ1n) is 7.50. The maximum Gasteiger partial charge on any atom is 0.251 e. The van der Waals surface area contributed by atoms with E-state index >= 15 is 0 Å². The Bertz CT molecular complexity index is 774. The summed E-state index contributed by atoms with van der Waals surface area (Å²) in [7, 11) is 0. The van der Waals surface area contributed by atoms with Gasteiger partial charge in [-0.25, -0.2) is 0 Å². The SMILES string of the molecule is O=C(NCc1nnc2n1CCC2)c1cc(Cl)c2c(c1)OCCO2. The maximum absolute atomic E-state index is 12.4.